The van der Waals surface area contributed by atoms with Gasteiger partial charge in [0.15, 0.2) is 6.61 Å². The molecule has 0 fully saturated rings. The topological polar surface area (TPSA) is 72.5 Å². The molecule has 0 aliphatic carbocycles. The van der Waals surface area contributed by atoms with E-state index in [9.17, 15) is 18.8 Å². The lowest BCUT2D eigenvalue weighted by Crippen LogP contribution is -2.29. The van der Waals surface area contributed by atoms with Gasteiger partial charge in [0.05, 0.1) is 5.92 Å². The van der Waals surface area contributed by atoms with Crippen LogP contribution in [0.25, 0.3) is 0 Å². The molecule has 1 atom stereocenters. The van der Waals surface area contributed by atoms with Crippen LogP contribution in [-0.4, -0.2) is 24.3 Å². The summed E-state index contributed by atoms with van der Waals surface area (Å²) in [5.74, 6) is -2.74. The van der Waals surface area contributed by atoms with Crippen molar-refractivity contribution in [3.63, 3.8) is 0 Å². The van der Waals surface area contributed by atoms with E-state index in [0.29, 0.717) is 11.1 Å². The van der Waals surface area contributed by atoms with Crippen LogP contribution >= 0.6 is 0 Å². The Morgan fingerprint density at radius 2 is 1.81 bits per heavy atom. The summed E-state index contributed by atoms with van der Waals surface area (Å²) in [6, 6.07) is 7.54. The number of rotatable bonds is 4. The average molecular weight is 369 g/mol. The molecule has 140 valence electrons. The molecule has 0 spiro atoms. The summed E-state index contributed by atoms with van der Waals surface area (Å²) in [7, 11) is 0. The maximum atomic E-state index is 13.4. The van der Waals surface area contributed by atoms with E-state index in [4.69, 9.17) is 4.74 Å². The van der Waals surface area contributed by atoms with Crippen LogP contribution in [0.1, 0.15) is 45.0 Å². The maximum Gasteiger partial charge on any atom is 0.314 e. The number of fused-ring (bicyclic) bond motifs is 1. The number of ketones is 1. The van der Waals surface area contributed by atoms with Gasteiger partial charge in [-0.15, -0.1) is 0 Å². The van der Waals surface area contributed by atoms with Gasteiger partial charge in [0.25, 0.3) is 0 Å². The van der Waals surface area contributed by atoms with E-state index in [0.717, 1.165) is 22.8 Å². The molecule has 1 aliphatic rings. The van der Waals surface area contributed by atoms with Crippen LogP contribution in [-0.2, 0) is 14.3 Å². The van der Waals surface area contributed by atoms with Gasteiger partial charge in [-0.1, -0.05) is 12.1 Å². The molecule has 0 saturated carbocycles. The fraction of sp³-hybridized carbons (Fsp3) is 0.286. The van der Waals surface area contributed by atoms with E-state index >= 15 is 0 Å². The van der Waals surface area contributed by atoms with Gasteiger partial charge in [0.2, 0.25) is 11.7 Å². The van der Waals surface area contributed by atoms with Crippen LogP contribution in [0.4, 0.5) is 10.1 Å². The molecule has 1 unspecified atom stereocenters. The molecule has 27 heavy (non-hydrogen) atoms. The number of aryl methyl sites for hydroxylation is 3. The van der Waals surface area contributed by atoms with Crippen molar-refractivity contribution in [1.29, 1.82) is 0 Å². The predicted molar refractivity (Wildman–Crippen MR) is 98.3 cm³/mol. The van der Waals surface area contributed by atoms with Crippen LogP contribution in [0.2, 0.25) is 0 Å². The van der Waals surface area contributed by atoms with Crippen LogP contribution in [0.15, 0.2) is 30.3 Å². The van der Waals surface area contributed by atoms with Crippen molar-refractivity contribution in [2.45, 2.75) is 33.1 Å². The second-order valence-electron chi connectivity index (χ2n) is 6.82. The van der Waals surface area contributed by atoms with E-state index < -0.39 is 30.2 Å². The first-order valence-electron chi connectivity index (χ1n) is 8.63. The number of esters is 1. The molecule has 1 N–H and O–H groups in total. The van der Waals surface area contributed by atoms with Gasteiger partial charge in [-0.25, -0.2) is 4.39 Å². The van der Waals surface area contributed by atoms with E-state index in [1.54, 1.807) is 6.07 Å². The number of carbonyl (C=O) groups excluding carboxylic acids is 3. The molecule has 5 nitrogen and oxygen atoms in total. The minimum atomic E-state index is -0.858. The Bertz CT molecular complexity index is 951. The van der Waals surface area contributed by atoms with Crippen molar-refractivity contribution >= 4 is 23.3 Å². The van der Waals surface area contributed by atoms with Gasteiger partial charge < -0.3 is 10.1 Å². The number of Topliss-reactive ketones (excluding diaryl/α,β-unsaturated/α-hetero) is 1. The van der Waals surface area contributed by atoms with Crippen molar-refractivity contribution in [3.05, 3.63) is 64.0 Å². The molecule has 0 aromatic heterocycles. The molecule has 1 aliphatic heterocycles. The van der Waals surface area contributed by atoms with Crippen LogP contribution in [0.5, 0.6) is 0 Å². The summed E-state index contributed by atoms with van der Waals surface area (Å²) in [5.41, 5.74) is 4.13. The molecular formula is C21H20FNO4. The van der Waals surface area contributed by atoms with Crippen LogP contribution < -0.4 is 5.32 Å². The van der Waals surface area contributed by atoms with Gasteiger partial charge in [-0.3, -0.25) is 14.4 Å². The van der Waals surface area contributed by atoms with Crippen molar-refractivity contribution in [1.82, 2.24) is 0 Å². The Morgan fingerprint density at radius 1 is 1.11 bits per heavy atom. The molecule has 2 aromatic carbocycles. The Labute approximate surface area is 156 Å². The molecule has 2 aromatic rings. The fourth-order valence-corrected chi connectivity index (χ4v) is 3.22. The zero-order chi connectivity index (χ0) is 19.7. The Balaban J connectivity index is 1.74. The standard InChI is InChI=1S/C21H20FNO4/c1-11-6-13(3)16(7-12(11)2)19(24)10-27-21(26)17-9-20(25)23-18-8-14(22)4-5-15(17)18/h4-8,17H,9-10H2,1-3H3,(H,23,25). The highest BCUT2D eigenvalue weighted by Crippen LogP contribution is 2.33. The number of benzene rings is 2. The summed E-state index contributed by atoms with van der Waals surface area (Å²) in [5, 5.41) is 2.54. The maximum absolute atomic E-state index is 13.4. The average Bonchev–Trinajstić information content (AvgIpc) is 2.61. The number of halogens is 1. The second kappa shape index (κ2) is 7.31. The molecule has 0 radical (unpaired) electrons. The second-order valence-corrected chi connectivity index (χ2v) is 6.82. The number of ether oxygens (including phenoxy) is 1. The SMILES string of the molecule is Cc1cc(C)c(C(=O)COC(=O)C2CC(=O)Nc3cc(F)ccc32)cc1C. The van der Waals surface area contributed by atoms with Crippen molar-refractivity contribution in [2.24, 2.45) is 0 Å². The van der Waals surface area contributed by atoms with Crippen LogP contribution in [0, 0.1) is 26.6 Å². The largest absolute Gasteiger partial charge is 0.457 e. The number of carbonyl (C=O) groups is 3. The zero-order valence-corrected chi connectivity index (χ0v) is 15.4. The third-order valence-electron chi connectivity index (χ3n) is 4.83. The van der Waals surface area contributed by atoms with Gasteiger partial charge in [0, 0.05) is 17.7 Å². The minimum Gasteiger partial charge on any atom is -0.457 e. The van der Waals surface area contributed by atoms with Gasteiger partial charge >= 0.3 is 5.97 Å². The van der Waals surface area contributed by atoms with Crippen molar-refractivity contribution < 1.29 is 23.5 Å². The molecular weight excluding hydrogens is 349 g/mol. The first kappa shape index (κ1) is 18.8. The smallest absolute Gasteiger partial charge is 0.314 e. The van der Waals surface area contributed by atoms with Crippen molar-refractivity contribution in [3.8, 4) is 0 Å². The van der Waals surface area contributed by atoms with E-state index in [1.807, 2.05) is 26.8 Å². The lowest BCUT2D eigenvalue weighted by molar-refractivity contribution is -0.145. The summed E-state index contributed by atoms with van der Waals surface area (Å²) in [4.78, 5) is 36.8. The van der Waals surface area contributed by atoms with Gasteiger partial charge in [-0.05, 0) is 61.2 Å². The highest BCUT2D eigenvalue weighted by atomic mass is 19.1. The monoisotopic (exact) mass is 369 g/mol. The number of anilines is 1. The Kier molecular flexibility index (Phi) is 5.08. The van der Waals surface area contributed by atoms with Crippen LogP contribution in [0.3, 0.4) is 0 Å². The lowest BCUT2D eigenvalue weighted by atomic mass is 9.90. The highest BCUT2D eigenvalue weighted by molar-refractivity contribution is 6.02. The molecule has 0 bridgehead atoms. The van der Waals surface area contributed by atoms with Gasteiger partial charge in [-0.2, -0.15) is 0 Å². The Morgan fingerprint density at radius 3 is 2.56 bits per heavy atom. The highest BCUT2D eigenvalue weighted by Gasteiger charge is 2.32. The molecule has 1 amide bonds. The molecule has 1 heterocycles. The summed E-state index contributed by atoms with van der Waals surface area (Å²) in [6.07, 6.45) is -0.103. The summed E-state index contributed by atoms with van der Waals surface area (Å²) in [6.45, 7) is 5.30. The normalized spacial score (nSPS) is 15.7. The molecule has 3 rings (SSSR count). The number of hydrogen-bond acceptors (Lipinski definition) is 4. The number of amides is 1. The first-order valence-corrected chi connectivity index (χ1v) is 8.63. The first-order chi connectivity index (χ1) is 12.8. The Hall–Kier alpha value is -3.02. The minimum absolute atomic E-state index is 0.103. The number of nitrogens with one attached hydrogen (secondary N) is 1. The van der Waals surface area contributed by atoms with E-state index in [-0.39, 0.29) is 17.9 Å². The summed E-state index contributed by atoms with van der Waals surface area (Å²) < 4.78 is 18.6. The zero-order valence-electron chi connectivity index (χ0n) is 15.4. The quantitative estimate of drug-likeness (QED) is 0.660. The molecule has 6 heteroatoms. The lowest BCUT2D eigenvalue weighted by Gasteiger charge is -2.24. The third-order valence-corrected chi connectivity index (χ3v) is 4.83. The summed E-state index contributed by atoms with van der Waals surface area (Å²) >= 11 is 0. The van der Waals surface area contributed by atoms with E-state index in [2.05, 4.69) is 5.32 Å². The number of hydrogen-bond donors (Lipinski definition) is 1. The van der Waals surface area contributed by atoms with Gasteiger partial charge in [0.1, 0.15) is 5.82 Å². The predicted octanol–water partition coefficient (Wildman–Crippen LogP) is 3.60. The third kappa shape index (κ3) is 3.89. The van der Waals surface area contributed by atoms with E-state index in [1.165, 1.54) is 12.1 Å². The fourth-order valence-electron chi connectivity index (χ4n) is 3.22. The molecule has 0 saturated heterocycles. The van der Waals surface area contributed by atoms with Crippen molar-refractivity contribution in [2.75, 3.05) is 11.9 Å².